The van der Waals surface area contributed by atoms with Gasteiger partial charge in [-0.05, 0) is 20.8 Å². The highest BCUT2D eigenvalue weighted by molar-refractivity contribution is 5.95. The second kappa shape index (κ2) is 4.49. The molecular weight excluding hydrogens is 218 g/mol. The number of morpholine rings is 1. The first kappa shape index (κ1) is 12.1. The van der Waals surface area contributed by atoms with Crippen molar-refractivity contribution in [3.8, 4) is 0 Å². The summed E-state index contributed by atoms with van der Waals surface area (Å²) in [6.45, 7) is 7.15. The lowest BCUT2D eigenvalue weighted by Gasteiger charge is -2.35. The van der Waals surface area contributed by atoms with Crippen LogP contribution in [0.15, 0.2) is 6.20 Å². The molecule has 0 saturated carbocycles. The standard InChI is InChI=1S/C12H19N3O2/c1-8-5-15(6-9(2)17-8)12(16)11-7-14(4)13-10(11)3/h7-9H,5-6H2,1-4H3/t8-,9+. The molecule has 1 aliphatic rings. The number of hydrogen-bond donors (Lipinski definition) is 0. The molecule has 0 bridgehead atoms. The molecule has 0 unspecified atom stereocenters. The van der Waals surface area contributed by atoms with E-state index < -0.39 is 0 Å². The Morgan fingerprint density at radius 3 is 2.47 bits per heavy atom. The lowest BCUT2D eigenvalue weighted by molar-refractivity contribution is -0.0586. The largest absolute Gasteiger partial charge is 0.372 e. The maximum Gasteiger partial charge on any atom is 0.257 e. The molecule has 1 amide bonds. The maximum atomic E-state index is 12.3. The highest BCUT2D eigenvalue weighted by atomic mass is 16.5. The normalized spacial score (nSPS) is 25.1. The third-order valence-electron chi connectivity index (χ3n) is 2.95. The van der Waals surface area contributed by atoms with Crippen molar-refractivity contribution in [2.45, 2.75) is 33.0 Å². The molecule has 17 heavy (non-hydrogen) atoms. The van der Waals surface area contributed by atoms with Gasteiger partial charge in [0, 0.05) is 26.3 Å². The molecule has 2 rings (SSSR count). The minimum atomic E-state index is 0.0533. The highest BCUT2D eigenvalue weighted by Gasteiger charge is 2.28. The van der Waals surface area contributed by atoms with Gasteiger partial charge < -0.3 is 9.64 Å². The van der Waals surface area contributed by atoms with Gasteiger partial charge in [0.1, 0.15) is 0 Å². The summed E-state index contributed by atoms with van der Waals surface area (Å²) in [6, 6.07) is 0. The number of aromatic nitrogens is 2. The van der Waals surface area contributed by atoms with Gasteiger partial charge in [0.2, 0.25) is 0 Å². The molecule has 1 aromatic rings. The van der Waals surface area contributed by atoms with E-state index in [9.17, 15) is 4.79 Å². The molecule has 5 heteroatoms. The molecule has 2 atom stereocenters. The number of rotatable bonds is 1. The van der Waals surface area contributed by atoms with Crippen molar-refractivity contribution in [2.75, 3.05) is 13.1 Å². The maximum absolute atomic E-state index is 12.3. The number of carbonyl (C=O) groups excluding carboxylic acids is 1. The first-order chi connectivity index (χ1) is 7.97. The molecule has 0 spiro atoms. The van der Waals surface area contributed by atoms with Gasteiger partial charge >= 0.3 is 0 Å². The highest BCUT2D eigenvalue weighted by Crippen LogP contribution is 2.15. The van der Waals surface area contributed by atoms with Crippen molar-refractivity contribution in [3.05, 3.63) is 17.5 Å². The molecule has 0 N–H and O–H groups in total. The van der Waals surface area contributed by atoms with Gasteiger partial charge in [0.15, 0.2) is 0 Å². The van der Waals surface area contributed by atoms with E-state index >= 15 is 0 Å². The molecule has 5 nitrogen and oxygen atoms in total. The molecular formula is C12H19N3O2. The van der Waals surface area contributed by atoms with Gasteiger partial charge in [0.05, 0.1) is 23.5 Å². The van der Waals surface area contributed by atoms with E-state index in [2.05, 4.69) is 5.10 Å². The Kier molecular flexibility index (Phi) is 3.19. The van der Waals surface area contributed by atoms with Gasteiger partial charge in [-0.25, -0.2) is 0 Å². The second-order valence-corrected chi connectivity index (χ2v) is 4.77. The Morgan fingerprint density at radius 2 is 2.00 bits per heavy atom. The zero-order valence-corrected chi connectivity index (χ0v) is 10.8. The third kappa shape index (κ3) is 2.49. The summed E-state index contributed by atoms with van der Waals surface area (Å²) in [5.41, 5.74) is 1.47. The number of nitrogens with zero attached hydrogens (tertiary/aromatic N) is 3. The fourth-order valence-electron chi connectivity index (χ4n) is 2.32. The molecule has 94 valence electrons. The molecule has 0 aromatic carbocycles. The van der Waals surface area contributed by atoms with E-state index in [0.717, 1.165) is 5.69 Å². The van der Waals surface area contributed by atoms with Crippen LogP contribution in [0.25, 0.3) is 0 Å². The van der Waals surface area contributed by atoms with Crippen molar-refractivity contribution in [1.82, 2.24) is 14.7 Å². The molecule has 2 heterocycles. The lowest BCUT2D eigenvalue weighted by Crippen LogP contribution is -2.48. The smallest absolute Gasteiger partial charge is 0.257 e. The van der Waals surface area contributed by atoms with Crippen LogP contribution in [0.2, 0.25) is 0 Å². The number of hydrogen-bond acceptors (Lipinski definition) is 3. The fourth-order valence-corrected chi connectivity index (χ4v) is 2.32. The Bertz CT molecular complexity index is 417. The first-order valence-corrected chi connectivity index (χ1v) is 5.92. The van der Waals surface area contributed by atoms with E-state index in [1.165, 1.54) is 0 Å². The molecule has 1 saturated heterocycles. The Hall–Kier alpha value is -1.36. The summed E-state index contributed by atoms with van der Waals surface area (Å²) in [5, 5.41) is 4.20. The number of aryl methyl sites for hydroxylation is 2. The topological polar surface area (TPSA) is 47.4 Å². The average Bonchev–Trinajstić information content (AvgIpc) is 2.55. The number of amides is 1. The van der Waals surface area contributed by atoms with Crippen LogP contribution in [0.3, 0.4) is 0 Å². The Labute approximate surface area is 101 Å². The second-order valence-electron chi connectivity index (χ2n) is 4.77. The van der Waals surface area contributed by atoms with E-state index in [1.54, 1.807) is 10.9 Å². The van der Waals surface area contributed by atoms with Gasteiger partial charge in [-0.3, -0.25) is 9.48 Å². The minimum Gasteiger partial charge on any atom is -0.372 e. The van der Waals surface area contributed by atoms with E-state index in [-0.39, 0.29) is 18.1 Å². The fraction of sp³-hybridized carbons (Fsp3) is 0.667. The van der Waals surface area contributed by atoms with Gasteiger partial charge in [-0.2, -0.15) is 5.10 Å². The summed E-state index contributed by atoms with van der Waals surface area (Å²) in [4.78, 5) is 14.2. The van der Waals surface area contributed by atoms with E-state index in [0.29, 0.717) is 18.7 Å². The van der Waals surface area contributed by atoms with Crippen LogP contribution in [0, 0.1) is 6.92 Å². The van der Waals surface area contributed by atoms with Crippen LogP contribution in [-0.4, -0.2) is 45.9 Å². The average molecular weight is 237 g/mol. The summed E-state index contributed by atoms with van der Waals surface area (Å²) >= 11 is 0. The SMILES string of the molecule is Cc1nn(C)cc1C(=O)N1C[C@@H](C)O[C@@H](C)C1. The van der Waals surface area contributed by atoms with Gasteiger partial charge in [-0.1, -0.05) is 0 Å². The Morgan fingerprint density at radius 1 is 1.41 bits per heavy atom. The first-order valence-electron chi connectivity index (χ1n) is 5.92. The molecule has 1 aliphatic heterocycles. The zero-order chi connectivity index (χ0) is 12.6. The van der Waals surface area contributed by atoms with Gasteiger partial charge in [-0.15, -0.1) is 0 Å². The van der Waals surface area contributed by atoms with Crippen molar-refractivity contribution in [1.29, 1.82) is 0 Å². The Balaban J connectivity index is 2.17. The quantitative estimate of drug-likeness (QED) is 0.731. The zero-order valence-electron chi connectivity index (χ0n) is 10.8. The predicted molar refractivity (Wildman–Crippen MR) is 63.9 cm³/mol. The van der Waals surface area contributed by atoms with Crippen LogP contribution in [-0.2, 0) is 11.8 Å². The van der Waals surface area contributed by atoms with Crippen LogP contribution < -0.4 is 0 Å². The lowest BCUT2D eigenvalue weighted by atomic mass is 10.2. The molecule has 0 aliphatic carbocycles. The summed E-state index contributed by atoms with van der Waals surface area (Å²) < 4.78 is 7.30. The van der Waals surface area contributed by atoms with Crippen molar-refractivity contribution >= 4 is 5.91 Å². The summed E-state index contributed by atoms with van der Waals surface area (Å²) in [7, 11) is 1.83. The number of carbonyl (C=O) groups is 1. The minimum absolute atomic E-state index is 0.0533. The summed E-state index contributed by atoms with van der Waals surface area (Å²) in [5.74, 6) is 0.0533. The van der Waals surface area contributed by atoms with Crippen LogP contribution in [0.1, 0.15) is 29.9 Å². The van der Waals surface area contributed by atoms with Crippen LogP contribution in [0.4, 0.5) is 0 Å². The molecule has 1 fully saturated rings. The third-order valence-corrected chi connectivity index (χ3v) is 2.95. The summed E-state index contributed by atoms with van der Waals surface area (Å²) in [6.07, 6.45) is 1.97. The van der Waals surface area contributed by atoms with Gasteiger partial charge in [0.25, 0.3) is 5.91 Å². The van der Waals surface area contributed by atoms with Crippen molar-refractivity contribution < 1.29 is 9.53 Å². The van der Waals surface area contributed by atoms with E-state index in [4.69, 9.17) is 4.74 Å². The van der Waals surface area contributed by atoms with Crippen molar-refractivity contribution in [2.24, 2.45) is 7.05 Å². The van der Waals surface area contributed by atoms with Crippen LogP contribution >= 0.6 is 0 Å². The molecule has 0 radical (unpaired) electrons. The predicted octanol–water partition coefficient (Wildman–Crippen LogP) is 0.978. The number of ether oxygens (including phenoxy) is 1. The monoisotopic (exact) mass is 237 g/mol. The van der Waals surface area contributed by atoms with E-state index in [1.807, 2.05) is 32.7 Å². The van der Waals surface area contributed by atoms with Crippen LogP contribution in [0.5, 0.6) is 0 Å². The molecule has 1 aromatic heterocycles. The van der Waals surface area contributed by atoms with Crippen molar-refractivity contribution in [3.63, 3.8) is 0 Å².